The first-order valence-corrected chi connectivity index (χ1v) is 10.3. The number of rotatable bonds is 9. The average molecular weight is 426 g/mol. The van der Waals surface area contributed by atoms with E-state index >= 15 is 0 Å². The highest BCUT2D eigenvalue weighted by Gasteiger charge is 2.21. The van der Waals surface area contributed by atoms with Crippen molar-refractivity contribution >= 4 is 16.9 Å². The second-order valence-electron chi connectivity index (χ2n) is 7.54. The zero-order valence-corrected chi connectivity index (χ0v) is 17.7. The van der Waals surface area contributed by atoms with Crippen molar-refractivity contribution in [2.75, 3.05) is 20.2 Å². The van der Waals surface area contributed by atoms with E-state index in [4.69, 9.17) is 14.9 Å². The minimum absolute atomic E-state index is 0.150. The van der Waals surface area contributed by atoms with Crippen molar-refractivity contribution in [1.82, 2.24) is 5.32 Å². The van der Waals surface area contributed by atoms with E-state index in [2.05, 4.69) is 5.32 Å². The summed E-state index contributed by atoms with van der Waals surface area (Å²) in [6.07, 6.45) is 1.21. The van der Waals surface area contributed by atoms with Gasteiger partial charge >= 0.3 is 0 Å². The summed E-state index contributed by atoms with van der Waals surface area (Å²) in [5, 5.41) is 3.14. The second-order valence-corrected chi connectivity index (χ2v) is 7.54. The van der Waals surface area contributed by atoms with Gasteiger partial charge in [-0.15, -0.1) is 0 Å². The van der Waals surface area contributed by atoms with E-state index in [0.29, 0.717) is 48.4 Å². The van der Waals surface area contributed by atoms with E-state index in [1.807, 2.05) is 24.3 Å². The van der Waals surface area contributed by atoms with Gasteiger partial charge < -0.3 is 20.2 Å². The van der Waals surface area contributed by atoms with Gasteiger partial charge in [0.2, 0.25) is 5.91 Å². The number of carbonyl (C=O) groups excluding carboxylic acids is 1. The highest BCUT2D eigenvalue weighted by atomic mass is 19.1. The molecule has 3 aromatic rings. The molecular weight excluding hydrogens is 399 g/mol. The second kappa shape index (κ2) is 10.2. The number of methoxy groups -OCH3 is 1. The number of fused-ring (bicyclic) bond motifs is 1. The van der Waals surface area contributed by atoms with E-state index in [1.54, 1.807) is 14.0 Å². The van der Waals surface area contributed by atoms with Crippen molar-refractivity contribution < 1.29 is 18.3 Å². The molecule has 164 valence electrons. The first-order valence-electron chi connectivity index (χ1n) is 10.3. The summed E-state index contributed by atoms with van der Waals surface area (Å²) >= 11 is 0. The molecule has 0 bridgehead atoms. The molecule has 2 aromatic carbocycles. The molecule has 1 aromatic heterocycles. The molecule has 0 spiro atoms. The molecule has 0 aliphatic heterocycles. The summed E-state index contributed by atoms with van der Waals surface area (Å²) in [5.41, 5.74) is 6.74. The van der Waals surface area contributed by atoms with E-state index in [9.17, 15) is 14.0 Å². The van der Waals surface area contributed by atoms with Gasteiger partial charge in [0.05, 0.1) is 12.5 Å². The van der Waals surface area contributed by atoms with Crippen molar-refractivity contribution in [3.63, 3.8) is 0 Å². The average Bonchev–Trinajstić information content (AvgIpc) is 2.76. The van der Waals surface area contributed by atoms with Crippen LogP contribution in [0, 0.1) is 11.7 Å². The lowest BCUT2D eigenvalue weighted by Gasteiger charge is -2.15. The normalized spacial score (nSPS) is 12.0. The maximum atomic E-state index is 13.7. The van der Waals surface area contributed by atoms with Gasteiger partial charge in [0.1, 0.15) is 22.9 Å². The number of hydrogen-bond donors (Lipinski definition) is 2. The summed E-state index contributed by atoms with van der Waals surface area (Å²) in [5.74, 6) is -0.0141. The summed E-state index contributed by atoms with van der Waals surface area (Å²) < 4.78 is 25.0. The Morgan fingerprint density at radius 2 is 2.06 bits per heavy atom. The number of ether oxygens (including phenoxy) is 1. The molecule has 3 rings (SSSR count). The zero-order chi connectivity index (χ0) is 22.4. The molecule has 0 aliphatic carbocycles. The Labute approximate surface area is 180 Å². The van der Waals surface area contributed by atoms with Crippen LogP contribution in [0.1, 0.15) is 30.2 Å². The minimum atomic E-state index is -0.491. The standard InChI is InChI=1S/C24H27FN2O4/c1-15(24(29)27-10-4-9-26)11-21-20(13-16-5-3-6-18(12-16)30-2)23(28)19-8-7-17(25)14-22(19)31-21/h3,5-8,12,14-15H,4,9-11,13,26H2,1-2H3,(H,27,29). The molecule has 0 aliphatic rings. The summed E-state index contributed by atoms with van der Waals surface area (Å²) in [6.45, 7) is 2.75. The molecule has 1 amide bonds. The number of halogens is 1. The smallest absolute Gasteiger partial charge is 0.223 e. The fourth-order valence-corrected chi connectivity index (χ4v) is 3.44. The Balaban J connectivity index is 1.99. The predicted molar refractivity (Wildman–Crippen MR) is 118 cm³/mol. The van der Waals surface area contributed by atoms with Crippen LogP contribution in [0.2, 0.25) is 0 Å². The van der Waals surface area contributed by atoms with Gasteiger partial charge in [0.25, 0.3) is 0 Å². The first kappa shape index (κ1) is 22.5. The van der Waals surface area contributed by atoms with Crippen LogP contribution < -0.4 is 21.2 Å². The van der Waals surface area contributed by atoms with E-state index in [0.717, 1.165) is 5.56 Å². The van der Waals surface area contributed by atoms with Crippen LogP contribution in [0.25, 0.3) is 11.0 Å². The molecule has 6 nitrogen and oxygen atoms in total. The fraction of sp³-hybridized carbons (Fsp3) is 0.333. The number of benzene rings is 2. The van der Waals surface area contributed by atoms with Crippen LogP contribution in [0.15, 0.2) is 51.7 Å². The van der Waals surface area contributed by atoms with Crippen LogP contribution in [0.3, 0.4) is 0 Å². The summed E-state index contributed by atoms with van der Waals surface area (Å²) in [7, 11) is 1.58. The Morgan fingerprint density at radius 3 is 2.81 bits per heavy atom. The van der Waals surface area contributed by atoms with Gasteiger partial charge in [0.15, 0.2) is 5.43 Å². The Hall–Kier alpha value is -3.19. The topological polar surface area (TPSA) is 94.6 Å². The van der Waals surface area contributed by atoms with E-state index < -0.39 is 11.7 Å². The van der Waals surface area contributed by atoms with Crippen molar-refractivity contribution in [1.29, 1.82) is 0 Å². The highest BCUT2D eigenvalue weighted by molar-refractivity contribution is 5.79. The van der Waals surface area contributed by atoms with Crippen molar-refractivity contribution in [2.24, 2.45) is 11.7 Å². The molecule has 0 saturated carbocycles. The lowest BCUT2D eigenvalue weighted by molar-refractivity contribution is -0.124. The third-order valence-electron chi connectivity index (χ3n) is 5.17. The van der Waals surface area contributed by atoms with Crippen LogP contribution in [-0.2, 0) is 17.6 Å². The first-order chi connectivity index (χ1) is 14.9. The maximum Gasteiger partial charge on any atom is 0.223 e. The van der Waals surface area contributed by atoms with E-state index in [-0.39, 0.29) is 23.3 Å². The van der Waals surface area contributed by atoms with Crippen molar-refractivity contribution in [3.8, 4) is 5.75 Å². The zero-order valence-electron chi connectivity index (χ0n) is 17.7. The summed E-state index contributed by atoms with van der Waals surface area (Å²) in [6, 6.07) is 11.3. The van der Waals surface area contributed by atoms with Crippen LogP contribution in [0.5, 0.6) is 5.75 Å². The Morgan fingerprint density at radius 1 is 1.26 bits per heavy atom. The molecule has 0 radical (unpaired) electrons. The molecule has 1 atom stereocenters. The molecule has 3 N–H and O–H groups in total. The molecule has 1 heterocycles. The third-order valence-corrected chi connectivity index (χ3v) is 5.17. The van der Waals surface area contributed by atoms with Crippen molar-refractivity contribution in [3.05, 3.63) is 75.4 Å². The molecule has 0 fully saturated rings. The van der Waals surface area contributed by atoms with Gasteiger partial charge in [-0.05, 0) is 42.8 Å². The minimum Gasteiger partial charge on any atom is -0.497 e. The number of nitrogens with two attached hydrogens (primary N) is 1. The molecule has 0 saturated heterocycles. The van der Waals surface area contributed by atoms with Crippen molar-refractivity contribution in [2.45, 2.75) is 26.2 Å². The predicted octanol–water partition coefficient (Wildman–Crippen LogP) is 3.18. The Bertz CT molecular complexity index is 1130. The van der Waals surface area contributed by atoms with Crippen LogP contribution >= 0.6 is 0 Å². The van der Waals surface area contributed by atoms with Gasteiger partial charge in [-0.1, -0.05) is 19.1 Å². The van der Waals surface area contributed by atoms with Gasteiger partial charge in [0, 0.05) is 36.9 Å². The lowest BCUT2D eigenvalue weighted by Crippen LogP contribution is -2.32. The fourth-order valence-electron chi connectivity index (χ4n) is 3.44. The molecule has 7 heteroatoms. The number of carbonyl (C=O) groups is 1. The maximum absolute atomic E-state index is 13.7. The monoisotopic (exact) mass is 426 g/mol. The summed E-state index contributed by atoms with van der Waals surface area (Å²) in [4.78, 5) is 25.7. The van der Waals surface area contributed by atoms with Gasteiger partial charge in [-0.2, -0.15) is 0 Å². The molecule has 1 unspecified atom stereocenters. The SMILES string of the molecule is COc1cccc(Cc2c(CC(C)C(=O)NCCCN)oc3cc(F)ccc3c2=O)c1. The quantitative estimate of drug-likeness (QED) is 0.513. The number of hydrogen-bond acceptors (Lipinski definition) is 5. The highest BCUT2D eigenvalue weighted by Crippen LogP contribution is 2.23. The number of nitrogens with one attached hydrogen (secondary N) is 1. The van der Waals surface area contributed by atoms with Crippen LogP contribution in [-0.4, -0.2) is 26.1 Å². The van der Waals surface area contributed by atoms with Crippen LogP contribution in [0.4, 0.5) is 4.39 Å². The van der Waals surface area contributed by atoms with E-state index in [1.165, 1.54) is 18.2 Å². The van der Waals surface area contributed by atoms with Gasteiger partial charge in [-0.25, -0.2) is 4.39 Å². The molecular formula is C24H27FN2O4. The third kappa shape index (κ3) is 5.49. The Kier molecular flexibility index (Phi) is 7.41. The van der Waals surface area contributed by atoms with Gasteiger partial charge in [-0.3, -0.25) is 9.59 Å². The molecule has 31 heavy (non-hydrogen) atoms. The number of amides is 1. The lowest BCUT2D eigenvalue weighted by atomic mass is 9.96. The largest absolute Gasteiger partial charge is 0.497 e.